The third kappa shape index (κ3) is 5.60. The van der Waals surface area contributed by atoms with E-state index in [1.807, 2.05) is 30.3 Å². The number of aromatic nitrogens is 1. The zero-order valence-electron chi connectivity index (χ0n) is 17.1. The van der Waals surface area contributed by atoms with Crippen molar-refractivity contribution in [3.63, 3.8) is 0 Å². The lowest BCUT2D eigenvalue weighted by Crippen LogP contribution is -2.19. The standard InChI is InChI=1S/C25H17F4NO3/c26-19-8-6-18(7-9-19)22-15-30(20-10-12-21(13-11-20)33-25(27,28)29)24(31)14-23(22)32-16-17-4-2-1-3-5-17/h1-15H,16H2. The van der Waals surface area contributed by atoms with E-state index in [4.69, 9.17) is 4.74 Å². The van der Waals surface area contributed by atoms with E-state index in [1.54, 1.807) is 12.1 Å². The highest BCUT2D eigenvalue weighted by Gasteiger charge is 2.31. The minimum absolute atomic E-state index is 0.210. The Morgan fingerprint density at radius 3 is 2.15 bits per heavy atom. The number of halogens is 4. The maximum absolute atomic E-state index is 13.5. The summed E-state index contributed by atoms with van der Waals surface area (Å²) in [6.07, 6.45) is -3.30. The van der Waals surface area contributed by atoms with Crippen LogP contribution in [0, 0.1) is 5.82 Å². The molecule has 0 spiro atoms. The maximum atomic E-state index is 13.5. The zero-order valence-corrected chi connectivity index (χ0v) is 17.1. The van der Waals surface area contributed by atoms with Crippen molar-refractivity contribution < 1.29 is 27.0 Å². The average Bonchev–Trinajstić information content (AvgIpc) is 2.79. The van der Waals surface area contributed by atoms with E-state index in [1.165, 1.54) is 41.1 Å². The molecule has 0 saturated heterocycles. The molecule has 0 aliphatic rings. The van der Waals surface area contributed by atoms with Gasteiger partial charge in [-0.3, -0.25) is 9.36 Å². The first-order valence-electron chi connectivity index (χ1n) is 9.84. The Hall–Kier alpha value is -4.07. The van der Waals surface area contributed by atoms with Crippen molar-refractivity contribution in [2.45, 2.75) is 13.0 Å². The van der Waals surface area contributed by atoms with E-state index in [0.29, 0.717) is 22.6 Å². The van der Waals surface area contributed by atoms with Crippen molar-refractivity contribution in [1.82, 2.24) is 4.57 Å². The molecule has 0 N–H and O–H groups in total. The van der Waals surface area contributed by atoms with Gasteiger partial charge in [0.15, 0.2) is 0 Å². The van der Waals surface area contributed by atoms with Gasteiger partial charge >= 0.3 is 6.36 Å². The number of hydrogen-bond acceptors (Lipinski definition) is 3. The Kier molecular flexibility index (Phi) is 6.17. The molecule has 0 amide bonds. The summed E-state index contributed by atoms with van der Waals surface area (Å²) in [6.45, 7) is 0.210. The minimum Gasteiger partial charge on any atom is -0.488 e. The van der Waals surface area contributed by atoms with Gasteiger partial charge in [-0.05, 0) is 47.5 Å². The van der Waals surface area contributed by atoms with Crippen LogP contribution < -0.4 is 15.0 Å². The fourth-order valence-electron chi connectivity index (χ4n) is 3.23. The van der Waals surface area contributed by atoms with Crippen LogP contribution in [0.2, 0.25) is 0 Å². The summed E-state index contributed by atoms with van der Waals surface area (Å²) in [6, 6.07) is 21.2. The highest BCUT2D eigenvalue weighted by Crippen LogP contribution is 2.31. The van der Waals surface area contributed by atoms with E-state index in [2.05, 4.69) is 4.74 Å². The lowest BCUT2D eigenvalue weighted by molar-refractivity contribution is -0.274. The van der Waals surface area contributed by atoms with E-state index >= 15 is 0 Å². The van der Waals surface area contributed by atoms with Gasteiger partial charge in [-0.25, -0.2) is 4.39 Å². The van der Waals surface area contributed by atoms with Crippen LogP contribution in [0.5, 0.6) is 11.5 Å². The first-order chi connectivity index (χ1) is 15.8. The minimum atomic E-state index is -4.81. The van der Waals surface area contributed by atoms with Gasteiger partial charge in [0.1, 0.15) is 23.9 Å². The number of ether oxygens (including phenoxy) is 2. The van der Waals surface area contributed by atoms with Crippen LogP contribution in [0.4, 0.5) is 17.6 Å². The van der Waals surface area contributed by atoms with Crippen molar-refractivity contribution in [3.8, 4) is 28.3 Å². The Morgan fingerprint density at radius 2 is 1.52 bits per heavy atom. The molecule has 0 unspecified atom stereocenters. The third-order valence-electron chi connectivity index (χ3n) is 4.76. The van der Waals surface area contributed by atoms with Crippen molar-refractivity contribution in [1.29, 1.82) is 0 Å². The molecule has 168 valence electrons. The number of alkyl halides is 3. The number of hydrogen-bond donors (Lipinski definition) is 0. The van der Waals surface area contributed by atoms with E-state index in [-0.39, 0.29) is 6.61 Å². The fraction of sp³-hybridized carbons (Fsp3) is 0.0800. The summed E-state index contributed by atoms with van der Waals surface area (Å²) in [5.74, 6) is -0.524. The Bertz CT molecular complexity index is 1280. The molecule has 3 aromatic carbocycles. The van der Waals surface area contributed by atoms with Gasteiger partial charge in [0.25, 0.3) is 5.56 Å². The summed E-state index contributed by atoms with van der Waals surface area (Å²) in [4.78, 5) is 12.8. The van der Waals surface area contributed by atoms with Gasteiger partial charge in [0.2, 0.25) is 0 Å². The van der Waals surface area contributed by atoms with Gasteiger partial charge in [0, 0.05) is 23.5 Å². The first-order valence-corrected chi connectivity index (χ1v) is 9.84. The molecule has 0 atom stereocenters. The van der Waals surface area contributed by atoms with Crippen LogP contribution in [0.25, 0.3) is 16.8 Å². The normalized spacial score (nSPS) is 11.3. The number of rotatable bonds is 6. The van der Waals surface area contributed by atoms with Gasteiger partial charge < -0.3 is 9.47 Å². The van der Waals surface area contributed by atoms with Crippen LogP contribution in [0.15, 0.2) is 95.9 Å². The zero-order chi connectivity index (χ0) is 23.4. The van der Waals surface area contributed by atoms with Crippen LogP contribution in [0.1, 0.15) is 5.56 Å². The number of pyridine rings is 1. The molecular formula is C25H17F4NO3. The molecule has 0 aliphatic heterocycles. The molecule has 4 aromatic rings. The third-order valence-corrected chi connectivity index (χ3v) is 4.76. The smallest absolute Gasteiger partial charge is 0.488 e. The van der Waals surface area contributed by atoms with Crippen molar-refractivity contribution >= 4 is 0 Å². The molecular weight excluding hydrogens is 438 g/mol. The Balaban J connectivity index is 1.72. The monoisotopic (exact) mass is 455 g/mol. The molecule has 0 radical (unpaired) electrons. The second-order valence-corrected chi connectivity index (χ2v) is 7.08. The molecule has 0 fully saturated rings. The first kappa shape index (κ1) is 22.1. The quantitative estimate of drug-likeness (QED) is 0.329. The second kappa shape index (κ2) is 9.20. The van der Waals surface area contributed by atoms with E-state index in [0.717, 1.165) is 17.7 Å². The van der Waals surface area contributed by atoms with Gasteiger partial charge in [-0.2, -0.15) is 0 Å². The fourth-order valence-corrected chi connectivity index (χ4v) is 3.23. The number of nitrogens with zero attached hydrogens (tertiary/aromatic N) is 1. The molecule has 4 nitrogen and oxygen atoms in total. The summed E-state index contributed by atoms with van der Waals surface area (Å²) >= 11 is 0. The molecule has 8 heteroatoms. The maximum Gasteiger partial charge on any atom is 0.573 e. The van der Waals surface area contributed by atoms with E-state index in [9.17, 15) is 22.4 Å². The Labute approximate surface area is 186 Å². The predicted octanol–water partition coefficient (Wildman–Crippen LogP) is 6.12. The molecule has 0 bridgehead atoms. The molecule has 1 heterocycles. The van der Waals surface area contributed by atoms with Crippen LogP contribution in [0.3, 0.4) is 0 Å². The largest absolute Gasteiger partial charge is 0.573 e. The van der Waals surface area contributed by atoms with Crippen LogP contribution in [-0.2, 0) is 6.61 Å². The SMILES string of the molecule is O=c1cc(OCc2ccccc2)c(-c2ccc(F)cc2)cn1-c1ccc(OC(F)(F)F)cc1. The van der Waals surface area contributed by atoms with Gasteiger partial charge in [0.05, 0.1) is 0 Å². The molecule has 4 rings (SSSR count). The van der Waals surface area contributed by atoms with Crippen LogP contribution in [-0.4, -0.2) is 10.9 Å². The van der Waals surface area contributed by atoms with Crippen molar-refractivity contribution in [2.75, 3.05) is 0 Å². The summed E-state index contributed by atoms with van der Waals surface area (Å²) in [5.41, 5.74) is 1.89. The predicted molar refractivity (Wildman–Crippen MR) is 115 cm³/mol. The highest BCUT2D eigenvalue weighted by molar-refractivity contribution is 5.70. The average molecular weight is 455 g/mol. The topological polar surface area (TPSA) is 40.5 Å². The second-order valence-electron chi connectivity index (χ2n) is 7.08. The van der Waals surface area contributed by atoms with Gasteiger partial charge in [-0.15, -0.1) is 13.2 Å². The van der Waals surface area contributed by atoms with E-state index < -0.39 is 23.5 Å². The molecule has 1 aromatic heterocycles. The Morgan fingerprint density at radius 1 is 0.848 bits per heavy atom. The summed E-state index contributed by atoms with van der Waals surface area (Å²) in [5, 5.41) is 0. The lowest BCUT2D eigenvalue weighted by atomic mass is 10.1. The molecule has 33 heavy (non-hydrogen) atoms. The highest BCUT2D eigenvalue weighted by atomic mass is 19.4. The molecule has 0 saturated carbocycles. The number of benzene rings is 3. The summed E-state index contributed by atoms with van der Waals surface area (Å²) < 4.78 is 61.8. The van der Waals surface area contributed by atoms with Crippen LogP contribution >= 0.6 is 0 Å². The summed E-state index contributed by atoms with van der Waals surface area (Å²) in [7, 11) is 0. The van der Waals surface area contributed by atoms with Crippen molar-refractivity contribution in [2.24, 2.45) is 0 Å². The van der Waals surface area contributed by atoms with Crippen molar-refractivity contribution in [3.05, 3.63) is 113 Å². The lowest BCUT2D eigenvalue weighted by Gasteiger charge is -2.15. The molecule has 0 aliphatic carbocycles. The van der Waals surface area contributed by atoms with Gasteiger partial charge in [-0.1, -0.05) is 42.5 Å².